The lowest BCUT2D eigenvalue weighted by atomic mass is 10.2. The third-order valence-electron chi connectivity index (χ3n) is 3.78. The fraction of sp³-hybridized carbons (Fsp3) is 0.600. The van der Waals surface area contributed by atoms with Crippen molar-refractivity contribution < 1.29 is 4.74 Å². The average Bonchev–Trinajstić information content (AvgIpc) is 2.91. The summed E-state index contributed by atoms with van der Waals surface area (Å²) in [5, 5.41) is 2.72. The monoisotopic (exact) mass is 339 g/mol. The zero-order valence-corrected chi connectivity index (χ0v) is 14.7. The lowest BCUT2D eigenvalue weighted by molar-refractivity contribution is -0.0661. The van der Waals surface area contributed by atoms with Crippen molar-refractivity contribution in [1.29, 1.82) is 0 Å². The topological polar surface area (TPSA) is 47.4 Å². The SMILES string of the molecule is CC1CN(CCSc2nc3ccsc3c(=O)n2C)CC(C)O1. The number of nitrogens with zero attached hydrogens (tertiary/aromatic N) is 3. The first-order chi connectivity index (χ1) is 10.5. The van der Waals surface area contributed by atoms with Gasteiger partial charge in [-0.05, 0) is 25.3 Å². The van der Waals surface area contributed by atoms with E-state index in [4.69, 9.17) is 4.74 Å². The lowest BCUT2D eigenvalue weighted by Crippen LogP contribution is -2.46. The van der Waals surface area contributed by atoms with Crippen LogP contribution in [0.25, 0.3) is 10.2 Å². The van der Waals surface area contributed by atoms with Gasteiger partial charge in [-0.2, -0.15) is 0 Å². The molecule has 3 rings (SSSR count). The number of hydrogen-bond donors (Lipinski definition) is 0. The van der Waals surface area contributed by atoms with Gasteiger partial charge in [0.25, 0.3) is 5.56 Å². The van der Waals surface area contributed by atoms with Crippen molar-refractivity contribution in [3.8, 4) is 0 Å². The standard InChI is InChI=1S/C15H21N3O2S2/c1-10-8-18(9-11(2)20-10)5-7-22-15-16-12-4-6-21-13(12)14(19)17(15)3/h4,6,10-11H,5,7-9H2,1-3H3. The minimum Gasteiger partial charge on any atom is -0.373 e. The third-order valence-corrected chi connectivity index (χ3v) is 5.68. The Bertz CT molecular complexity index is 702. The molecule has 0 aliphatic carbocycles. The summed E-state index contributed by atoms with van der Waals surface area (Å²) in [7, 11) is 1.80. The van der Waals surface area contributed by atoms with E-state index in [1.165, 1.54) is 11.3 Å². The van der Waals surface area contributed by atoms with Crippen molar-refractivity contribution in [2.24, 2.45) is 7.05 Å². The molecule has 0 N–H and O–H groups in total. The highest BCUT2D eigenvalue weighted by Gasteiger charge is 2.21. The Hall–Kier alpha value is -0.890. The molecule has 1 aliphatic rings. The maximum absolute atomic E-state index is 12.3. The number of thioether (sulfide) groups is 1. The number of ether oxygens (including phenoxy) is 1. The molecule has 2 unspecified atom stereocenters. The second-order valence-corrected chi connectivity index (χ2v) is 7.74. The van der Waals surface area contributed by atoms with E-state index in [-0.39, 0.29) is 5.56 Å². The average molecular weight is 339 g/mol. The zero-order valence-electron chi connectivity index (χ0n) is 13.1. The van der Waals surface area contributed by atoms with Gasteiger partial charge in [0.05, 0.1) is 17.7 Å². The molecule has 7 heteroatoms. The van der Waals surface area contributed by atoms with Gasteiger partial charge in [0, 0.05) is 32.4 Å². The van der Waals surface area contributed by atoms with Crippen LogP contribution in [0.1, 0.15) is 13.8 Å². The van der Waals surface area contributed by atoms with E-state index in [1.54, 1.807) is 23.4 Å². The van der Waals surface area contributed by atoms with E-state index in [0.717, 1.165) is 40.8 Å². The van der Waals surface area contributed by atoms with Crippen LogP contribution in [0.15, 0.2) is 21.4 Å². The Kier molecular flexibility index (Phi) is 4.87. The Morgan fingerprint density at radius 3 is 2.86 bits per heavy atom. The molecule has 22 heavy (non-hydrogen) atoms. The summed E-state index contributed by atoms with van der Waals surface area (Å²) >= 11 is 3.11. The number of hydrogen-bond acceptors (Lipinski definition) is 6. The first kappa shape index (κ1) is 16.0. The summed E-state index contributed by atoms with van der Waals surface area (Å²) in [6.45, 7) is 7.17. The minimum absolute atomic E-state index is 0.0520. The van der Waals surface area contributed by atoms with E-state index in [0.29, 0.717) is 12.2 Å². The summed E-state index contributed by atoms with van der Waals surface area (Å²) in [5.41, 5.74) is 0.861. The molecule has 2 aromatic heterocycles. The van der Waals surface area contributed by atoms with Crippen LogP contribution in [-0.4, -0.2) is 52.0 Å². The molecule has 2 atom stereocenters. The highest BCUT2D eigenvalue weighted by molar-refractivity contribution is 7.99. The van der Waals surface area contributed by atoms with Crippen LogP contribution >= 0.6 is 23.1 Å². The summed E-state index contributed by atoms with van der Waals surface area (Å²) in [4.78, 5) is 19.3. The minimum atomic E-state index is 0.0520. The largest absolute Gasteiger partial charge is 0.373 e. The van der Waals surface area contributed by atoms with Crippen LogP contribution < -0.4 is 5.56 Å². The molecular weight excluding hydrogens is 318 g/mol. The van der Waals surface area contributed by atoms with Crippen LogP contribution in [0.2, 0.25) is 0 Å². The molecule has 2 aromatic rings. The predicted molar refractivity (Wildman–Crippen MR) is 92.0 cm³/mol. The molecule has 1 fully saturated rings. The fourth-order valence-electron chi connectivity index (χ4n) is 2.83. The van der Waals surface area contributed by atoms with Crippen LogP contribution in [0.4, 0.5) is 0 Å². The molecule has 0 bridgehead atoms. The van der Waals surface area contributed by atoms with Gasteiger partial charge in [0.1, 0.15) is 4.70 Å². The quantitative estimate of drug-likeness (QED) is 0.631. The van der Waals surface area contributed by atoms with Gasteiger partial charge in [-0.3, -0.25) is 14.3 Å². The van der Waals surface area contributed by atoms with E-state index in [2.05, 4.69) is 23.7 Å². The van der Waals surface area contributed by atoms with Gasteiger partial charge in [-0.25, -0.2) is 4.98 Å². The molecule has 5 nitrogen and oxygen atoms in total. The first-order valence-electron chi connectivity index (χ1n) is 7.49. The maximum Gasteiger partial charge on any atom is 0.271 e. The smallest absolute Gasteiger partial charge is 0.271 e. The number of aromatic nitrogens is 2. The van der Waals surface area contributed by atoms with Gasteiger partial charge in [-0.15, -0.1) is 11.3 Å². The Labute approximate surface area is 138 Å². The van der Waals surface area contributed by atoms with Gasteiger partial charge < -0.3 is 4.74 Å². The second-order valence-electron chi connectivity index (χ2n) is 5.76. The van der Waals surface area contributed by atoms with Crippen molar-refractivity contribution in [1.82, 2.24) is 14.5 Å². The van der Waals surface area contributed by atoms with Crippen molar-refractivity contribution in [3.05, 3.63) is 21.8 Å². The number of fused-ring (bicyclic) bond motifs is 1. The zero-order chi connectivity index (χ0) is 15.7. The second kappa shape index (κ2) is 6.70. The molecular formula is C15H21N3O2S2. The summed E-state index contributed by atoms with van der Waals surface area (Å²) in [6.07, 6.45) is 0.580. The van der Waals surface area contributed by atoms with Crippen molar-refractivity contribution in [3.63, 3.8) is 0 Å². The van der Waals surface area contributed by atoms with E-state index < -0.39 is 0 Å². The van der Waals surface area contributed by atoms with Crippen LogP contribution in [0.5, 0.6) is 0 Å². The molecule has 0 spiro atoms. The van der Waals surface area contributed by atoms with Crippen LogP contribution in [0, 0.1) is 0 Å². The normalized spacial score (nSPS) is 23.2. The van der Waals surface area contributed by atoms with Crippen molar-refractivity contribution in [2.45, 2.75) is 31.2 Å². The fourth-order valence-corrected chi connectivity index (χ4v) is 4.61. The molecule has 1 saturated heterocycles. The van der Waals surface area contributed by atoms with E-state index in [1.807, 2.05) is 11.4 Å². The molecule has 120 valence electrons. The highest BCUT2D eigenvalue weighted by Crippen LogP contribution is 2.20. The van der Waals surface area contributed by atoms with Gasteiger partial charge >= 0.3 is 0 Å². The van der Waals surface area contributed by atoms with Gasteiger partial charge in [0.15, 0.2) is 5.16 Å². The lowest BCUT2D eigenvalue weighted by Gasteiger charge is -2.35. The molecule has 1 aliphatic heterocycles. The molecule has 0 aromatic carbocycles. The van der Waals surface area contributed by atoms with Crippen LogP contribution in [-0.2, 0) is 11.8 Å². The van der Waals surface area contributed by atoms with Crippen LogP contribution in [0.3, 0.4) is 0 Å². The van der Waals surface area contributed by atoms with E-state index in [9.17, 15) is 4.79 Å². The van der Waals surface area contributed by atoms with Gasteiger partial charge in [-0.1, -0.05) is 11.8 Å². The third kappa shape index (κ3) is 3.37. The summed E-state index contributed by atoms with van der Waals surface area (Å²) in [6, 6.07) is 1.91. The summed E-state index contributed by atoms with van der Waals surface area (Å²) < 4.78 is 8.15. The Balaban J connectivity index is 1.64. The van der Waals surface area contributed by atoms with Gasteiger partial charge in [0.2, 0.25) is 0 Å². The number of rotatable bonds is 4. The van der Waals surface area contributed by atoms with Crippen molar-refractivity contribution in [2.75, 3.05) is 25.4 Å². The number of thiophene rings is 1. The Morgan fingerprint density at radius 2 is 2.14 bits per heavy atom. The Morgan fingerprint density at radius 1 is 1.41 bits per heavy atom. The highest BCUT2D eigenvalue weighted by atomic mass is 32.2. The predicted octanol–water partition coefficient (Wildman–Crippen LogP) is 2.20. The first-order valence-corrected chi connectivity index (χ1v) is 9.36. The molecule has 0 saturated carbocycles. The molecule has 3 heterocycles. The summed E-state index contributed by atoms with van der Waals surface area (Å²) in [5.74, 6) is 0.926. The van der Waals surface area contributed by atoms with E-state index >= 15 is 0 Å². The number of morpholine rings is 1. The van der Waals surface area contributed by atoms with Crippen molar-refractivity contribution >= 4 is 33.3 Å². The molecule has 0 amide bonds. The maximum atomic E-state index is 12.3. The molecule has 0 radical (unpaired) electrons.